The maximum atomic E-state index is 11.8. The number of amides is 1. The third-order valence-electron chi connectivity index (χ3n) is 2.90. The molecule has 5 heteroatoms. The third kappa shape index (κ3) is 1.74. The van der Waals surface area contributed by atoms with Crippen LogP contribution in [0, 0.1) is 0 Å². The van der Waals surface area contributed by atoms with Gasteiger partial charge in [-0.1, -0.05) is 6.92 Å². The molecule has 0 aliphatic carbocycles. The molecular formula is C11H14N2O3. The Morgan fingerprint density at radius 3 is 2.88 bits per heavy atom. The molecule has 86 valence electrons. The van der Waals surface area contributed by atoms with Crippen molar-refractivity contribution in [3.05, 3.63) is 24.0 Å². The average Bonchev–Trinajstić information content (AvgIpc) is 2.24. The van der Waals surface area contributed by atoms with Gasteiger partial charge < -0.3 is 15.1 Å². The van der Waals surface area contributed by atoms with Crippen molar-refractivity contribution in [3.63, 3.8) is 0 Å². The Morgan fingerprint density at radius 1 is 1.62 bits per heavy atom. The van der Waals surface area contributed by atoms with Crippen molar-refractivity contribution in [3.8, 4) is 5.75 Å². The van der Waals surface area contributed by atoms with Crippen LogP contribution in [-0.4, -0.2) is 44.7 Å². The van der Waals surface area contributed by atoms with E-state index in [9.17, 15) is 15.0 Å². The lowest BCUT2D eigenvalue weighted by molar-refractivity contribution is -0.0829. The second-order valence-corrected chi connectivity index (χ2v) is 4.11. The van der Waals surface area contributed by atoms with Crippen molar-refractivity contribution in [2.45, 2.75) is 18.9 Å². The highest BCUT2D eigenvalue weighted by Crippen LogP contribution is 2.27. The Labute approximate surface area is 93.3 Å². The number of aliphatic hydroxyl groups is 1. The van der Waals surface area contributed by atoms with Crippen LogP contribution in [0.2, 0.25) is 0 Å². The molecule has 0 atom stereocenters. The van der Waals surface area contributed by atoms with E-state index in [4.69, 9.17) is 0 Å². The van der Waals surface area contributed by atoms with E-state index in [-0.39, 0.29) is 17.4 Å². The predicted molar refractivity (Wildman–Crippen MR) is 57.0 cm³/mol. The fourth-order valence-corrected chi connectivity index (χ4v) is 1.74. The van der Waals surface area contributed by atoms with Crippen LogP contribution < -0.4 is 0 Å². The van der Waals surface area contributed by atoms with Crippen LogP contribution in [-0.2, 0) is 0 Å². The second-order valence-electron chi connectivity index (χ2n) is 4.11. The fourth-order valence-electron chi connectivity index (χ4n) is 1.74. The molecule has 0 saturated carbocycles. The van der Waals surface area contributed by atoms with Crippen molar-refractivity contribution in [1.82, 2.24) is 9.88 Å². The van der Waals surface area contributed by atoms with Crippen molar-refractivity contribution in [2.75, 3.05) is 13.1 Å². The molecule has 5 nitrogen and oxygen atoms in total. The first kappa shape index (κ1) is 10.9. The standard InChI is InChI=1S/C11H14N2O3/c1-2-11(16)6-13(7-11)10(15)9-8(14)4-3-5-12-9/h3-5,14,16H,2,6-7H2,1H3. The number of pyridine rings is 1. The molecule has 1 aliphatic heterocycles. The molecule has 16 heavy (non-hydrogen) atoms. The number of β-amino-alcohol motifs (C(OH)–C–C–N with tert-alkyl or cyclic N) is 1. The molecule has 0 bridgehead atoms. The Kier molecular flexibility index (Phi) is 2.55. The molecular weight excluding hydrogens is 208 g/mol. The predicted octanol–water partition coefficient (Wildman–Crippen LogP) is 0.384. The molecule has 0 radical (unpaired) electrons. The number of nitrogens with zero attached hydrogens (tertiary/aromatic N) is 2. The molecule has 1 amide bonds. The smallest absolute Gasteiger partial charge is 0.276 e. The monoisotopic (exact) mass is 222 g/mol. The summed E-state index contributed by atoms with van der Waals surface area (Å²) in [6.07, 6.45) is 2.07. The van der Waals surface area contributed by atoms with Gasteiger partial charge in [-0.25, -0.2) is 4.98 Å². The van der Waals surface area contributed by atoms with Crippen molar-refractivity contribution >= 4 is 5.91 Å². The highest BCUT2D eigenvalue weighted by molar-refractivity contribution is 5.95. The number of aromatic nitrogens is 1. The minimum Gasteiger partial charge on any atom is -0.505 e. The molecule has 0 spiro atoms. The number of likely N-dealkylation sites (tertiary alicyclic amines) is 1. The molecule has 1 aromatic heterocycles. The number of aromatic hydroxyl groups is 1. The molecule has 0 aromatic carbocycles. The first-order valence-corrected chi connectivity index (χ1v) is 5.21. The van der Waals surface area contributed by atoms with Gasteiger partial charge >= 0.3 is 0 Å². The highest BCUT2D eigenvalue weighted by Gasteiger charge is 2.42. The van der Waals surface area contributed by atoms with E-state index in [2.05, 4.69) is 4.98 Å². The maximum absolute atomic E-state index is 11.8. The molecule has 0 unspecified atom stereocenters. The number of rotatable bonds is 2. The summed E-state index contributed by atoms with van der Waals surface area (Å²) in [6, 6.07) is 2.98. The van der Waals surface area contributed by atoms with Crippen LogP contribution in [0.15, 0.2) is 18.3 Å². The Hall–Kier alpha value is -1.62. The van der Waals surface area contributed by atoms with E-state index in [0.29, 0.717) is 19.5 Å². The van der Waals surface area contributed by atoms with E-state index in [0.717, 1.165) is 0 Å². The van der Waals surface area contributed by atoms with Gasteiger partial charge in [-0.15, -0.1) is 0 Å². The van der Waals surface area contributed by atoms with Crippen LogP contribution in [0.3, 0.4) is 0 Å². The van der Waals surface area contributed by atoms with Gasteiger partial charge in [0.1, 0.15) is 5.75 Å². The minimum atomic E-state index is -0.764. The Morgan fingerprint density at radius 2 is 2.31 bits per heavy atom. The lowest BCUT2D eigenvalue weighted by atomic mass is 9.91. The normalized spacial score (nSPS) is 18.0. The van der Waals surface area contributed by atoms with Crippen LogP contribution in [0.4, 0.5) is 0 Å². The van der Waals surface area contributed by atoms with E-state index in [1.165, 1.54) is 17.2 Å². The summed E-state index contributed by atoms with van der Waals surface area (Å²) in [4.78, 5) is 17.2. The lowest BCUT2D eigenvalue weighted by Gasteiger charge is -2.45. The van der Waals surface area contributed by atoms with E-state index in [1.54, 1.807) is 6.07 Å². The van der Waals surface area contributed by atoms with E-state index >= 15 is 0 Å². The second kappa shape index (κ2) is 3.75. The SMILES string of the molecule is CCC1(O)CN(C(=O)c2ncccc2O)C1. The highest BCUT2D eigenvalue weighted by atomic mass is 16.3. The number of hydrogen-bond acceptors (Lipinski definition) is 4. The largest absolute Gasteiger partial charge is 0.505 e. The van der Waals surface area contributed by atoms with Gasteiger partial charge in [0, 0.05) is 6.20 Å². The van der Waals surface area contributed by atoms with Gasteiger partial charge in [0.25, 0.3) is 5.91 Å². The first-order valence-electron chi connectivity index (χ1n) is 5.21. The summed E-state index contributed by atoms with van der Waals surface area (Å²) < 4.78 is 0. The van der Waals surface area contributed by atoms with Crippen LogP contribution >= 0.6 is 0 Å². The molecule has 1 saturated heterocycles. The summed E-state index contributed by atoms with van der Waals surface area (Å²) >= 11 is 0. The molecule has 1 aromatic rings. The van der Waals surface area contributed by atoms with Gasteiger partial charge in [0.15, 0.2) is 5.69 Å². The third-order valence-corrected chi connectivity index (χ3v) is 2.90. The zero-order chi connectivity index (χ0) is 11.8. The van der Waals surface area contributed by atoms with Crippen molar-refractivity contribution < 1.29 is 15.0 Å². The zero-order valence-electron chi connectivity index (χ0n) is 9.05. The molecule has 2 N–H and O–H groups in total. The number of hydrogen-bond donors (Lipinski definition) is 2. The Balaban J connectivity index is 2.09. The molecule has 2 rings (SSSR count). The molecule has 1 fully saturated rings. The summed E-state index contributed by atoms with van der Waals surface area (Å²) in [7, 11) is 0. The van der Waals surface area contributed by atoms with E-state index in [1.807, 2.05) is 6.92 Å². The topological polar surface area (TPSA) is 73.7 Å². The lowest BCUT2D eigenvalue weighted by Crippen LogP contribution is -2.63. The van der Waals surface area contributed by atoms with Gasteiger partial charge in [0.05, 0.1) is 18.7 Å². The van der Waals surface area contributed by atoms with Gasteiger partial charge in [-0.2, -0.15) is 0 Å². The zero-order valence-corrected chi connectivity index (χ0v) is 9.05. The quantitative estimate of drug-likeness (QED) is 0.759. The minimum absolute atomic E-state index is 0.0423. The van der Waals surface area contributed by atoms with Crippen molar-refractivity contribution in [2.24, 2.45) is 0 Å². The van der Waals surface area contributed by atoms with Gasteiger partial charge in [0.2, 0.25) is 0 Å². The number of carbonyl (C=O) groups excluding carboxylic acids is 1. The van der Waals surface area contributed by atoms with Crippen LogP contribution in [0.25, 0.3) is 0 Å². The van der Waals surface area contributed by atoms with Gasteiger partial charge in [-0.05, 0) is 18.6 Å². The summed E-state index contributed by atoms with van der Waals surface area (Å²) in [5, 5.41) is 19.2. The summed E-state index contributed by atoms with van der Waals surface area (Å²) in [5.74, 6) is -0.462. The van der Waals surface area contributed by atoms with Gasteiger partial charge in [-0.3, -0.25) is 4.79 Å². The Bertz CT molecular complexity index is 413. The summed E-state index contributed by atoms with van der Waals surface area (Å²) in [5.41, 5.74) is -0.722. The molecule has 1 aliphatic rings. The van der Waals surface area contributed by atoms with Crippen molar-refractivity contribution in [1.29, 1.82) is 0 Å². The molecule has 2 heterocycles. The maximum Gasteiger partial charge on any atom is 0.276 e. The first-order chi connectivity index (χ1) is 7.56. The number of carbonyl (C=O) groups is 1. The average molecular weight is 222 g/mol. The van der Waals surface area contributed by atoms with E-state index < -0.39 is 5.60 Å². The fraction of sp³-hybridized carbons (Fsp3) is 0.455. The summed E-state index contributed by atoms with van der Waals surface area (Å²) in [6.45, 7) is 2.48. The van der Waals surface area contributed by atoms with Crippen LogP contribution in [0.5, 0.6) is 5.75 Å². The van der Waals surface area contributed by atoms with Crippen LogP contribution in [0.1, 0.15) is 23.8 Å².